The fraction of sp³-hybridized carbons (Fsp3) is 0. The average molecular weight is 244 g/mol. The van der Waals surface area contributed by atoms with Crippen molar-refractivity contribution in [1.29, 1.82) is 0 Å². The number of primary amides is 1. The summed E-state index contributed by atoms with van der Waals surface area (Å²) in [5, 5.41) is 0.475. The fourth-order valence-corrected chi connectivity index (χ4v) is 1.56. The zero-order valence-electron chi connectivity index (χ0n) is 7.54. The van der Waals surface area contributed by atoms with Crippen molar-refractivity contribution in [1.82, 2.24) is 0 Å². The highest BCUT2D eigenvalue weighted by molar-refractivity contribution is 6.40. The third-order valence-corrected chi connectivity index (χ3v) is 2.24. The standard InChI is InChI=1S/C10H7Cl2NO2/c11-6-2-1-3-7(12)10(6)8(14)4-5-9(13)15/h1-5H,(H2,13,15)/b5-4+. The number of benzene rings is 1. The van der Waals surface area contributed by atoms with Crippen molar-refractivity contribution in [3.05, 3.63) is 46.0 Å². The van der Waals surface area contributed by atoms with Crippen LogP contribution in [0.3, 0.4) is 0 Å². The molecule has 0 saturated carbocycles. The first-order valence-electron chi connectivity index (χ1n) is 3.98. The molecule has 3 nitrogen and oxygen atoms in total. The second-order valence-corrected chi connectivity index (χ2v) is 3.51. The Hall–Kier alpha value is -1.32. The molecule has 1 aromatic rings. The topological polar surface area (TPSA) is 60.2 Å². The van der Waals surface area contributed by atoms with Gasteiger partial charge in [-0.05, 0) is 18.2 Å². The SMILES string of the molecule is NC(=O)/C=C/C(=O)c1c(Cl)cccc1Cl. The molecule has 1 aromatic carbocycles. The van der Waals surface area contributed by atoms with Gasteiger partial charge in [-0.3, -0.25) is 9.59 Å². The van der Waals surface area contributed by atoms with Gasteiger partial charge in [-0.15, -0.1) is 0 Å². The van der Waals surface area contributed by atoms with Crippen molar-refractivity contribution in [2.45, 2.75) is 0 Å². The first-order chi connectivity index (χ1) is 7.02. The van der Waals surface area contributed by atoms with Crippen LogP contribution in [-0.2, 0) is 4.79 Å². The lowest BCUT2D eigenvalue weighted by Gasteiger charge is -2.01. The first-order valence-corrected chi connectivity index (χ1v) is 4.74. The van der Waals surface area contributed by atoms with Crippen LogP contribution in [-0.4, -0.2) is 11.7 Å². The van der Waals surface area contributed by atoms with Crippen molar-refractivity contribution in [2.75, 3.05) is 0 Å². The molecule has 0 aliphatic carbocycles. The van der Waals surface area contributed by atoms with Gasteiger partial charge in [0, 0.05) is 6.08 Å². The van der Waals surface area contributed by atoms with Crippen molar-refractivity contribution in [3.8, 4) is 0 Å². The van der Waals surface area contributed by atoms with Crippen LogP contribution in [0.25, 0.3) is 0 Å². The van der Waals surface area contributed by atoms with Gasteiger partial charge in [0.2, 0.25) is 5.91 Å². The first kappa shape index (κ1) is 11.8. The van der Waals surface area contributed by atoms with Gasteiger partial charge in [0.15, 0.2) is 5.78 Å². The second kappa shape index (κ2) is 4.96. The van der Waals surface area contributed by atoms with Gasteiger partial charge in [0.25, 0.3) is 0 Å². The number of carbonyl (C=O) groups is 2. The molecule has 0 bridgehead atoms. The highest BCUT2D eigenvalue weighted by Gasteiger charge is 2.11. The molecule has 1 rings (SSSR count). The Morgan fingerprint density at radius 3 is 2.13 bits per heavy atom. The Bertz CT molecular complexity index is 421. The molecule has 0 unspecified atom stereocenters. The molecule has 0 heterocycles. The van der Waals surface area contributed by atoms with Crippen LogP contribution in [0.15, 0.2) is 30.4 Å². The number of nitrogens with two attached hydrogens (primary N) is 1. The summed E-state index contributed by atoms with van der Waals surface area (Å²) >= 11 is 11.6. The van der Waals surface area contributed by atoms with Crippen LogP contribution in [0.1, 0.15) is 10.4 Å². The lowest BCUT2D eigenvalue weighted by molar-refractivity contribution is -0.113. The fourth-order valence-electron chi connectivity index (χ4n) is 0.974. The summed E-state index contributed by atoms with van der Waals surface area (Å²) in [6.45, 7) is 0. The predicted octanol–water partition coefficient (Wildman–Crippen LogP) is 2.22. The molecule has 2 N–H and O–H groups in total. The van der Waals surface area contributed by atoms with Gasteiger partial charge in [-0.25, -0.2) is 0 Å². The third-order valence-electron chi connectivity index (χ3n) is 1.61. The molecule has 78 valence electrons. The molecule has 5 heteroatoms. The average Bonchev–Trinajstić information content (AvgIpc) is 2.14. The highest BCUT2D eigenvalue weighted by Crippen LogP contribution is 2.24. The number of allylic oxidation sites excluding steroid dienone is 1. The number of ketones is 1. The zero-order chi connectivity index (χ0) is 11.4. The van der Waals surface area contributed by atoms with Crippen molar-refractivity contribution >= 4 is 34.9 Å². The molecule has 0 fully saturated rings. The maximum Gasteiger partial charge on any atom is 0.241 e. The summed E-state index contributed by atoms with van der Waals surface area (Å²) in [6.07, 6.45) is 2.00. The van der Waals surface area contributed by atoms with Gasteiger partial charge in [-0.1, -0.05) is 29.3 Å². The Labute approximate surface area is 96.5 Å². The molecule has 0 atom stereocenters. The summed E-state index contributed by atoms with van der Waals surface area (Å²) in [7, 11) is 0. The molecule has 0 saturated heterocycles. The van der Waals surface area contributed by atoms with Gasteiger partial charge in [0.1, 0.15) is 0 Å². The second-order valence-electron chi connectivity index (χ2n) is 2.70. The van der Waals surface area contributed by atoms with Gasteiger partial charge < -0.3 is 5.73 Å². The van der Waals surface area contributed by atoms with Crippen molar-refractivity contribution in [2.24, 2.45) is 5.73 Å². The van der Waals surface area contributed by atoms with Gasteiger partial charge in [0.05, 0.1) is 15.6 Å². The van der Waals surface area contributed by atoms with Crippen LogP contribution < -0.4 is 5.73 Å². The van der Waals surface area contributed by atoms with E-state index in [-0.39, 0.29) is 15.6 Å². The van der Waals surface area contributed by atoms with E-state index in [1.54, 1.807) is 18.2 Å². The maximum absolute atomic E-state index is 11.5. The Balaban J connectivity index is 3.06. The minimum absolute atomic E-state index is 0.165. The lowest BCUT2D eigenvalue weighted by Crippen LogP contribution is -2.07. The number of rotatable bonds is 3. The minimum Gasteiger partial charge on any atom is -0.366 e. The van der Waals surface area contributed by atoms with E-state index in [0.717, 1.165) is 12.2 Å². The van der Waals surface area contributed by atoms with E-state index in [1.165, 1.54) is 0 Å². The lowest BCUT2D eigenvalue weighted by atomic mass is 10.1. The summed E-state index contributed by atoms with van der Waals surface area (Å²) in [5.41, 5.74) is 5.02. The van der Waals surface area contributed by atoms with Gasteiger partial charge >= 0.3 is 0 Å². The minimum atomic E-state index is -0.702. The summed E-state index contributed by atoms with van der Waals surface area (Å²) in [5.74, 6) is -1.16. The van der Waals surface area contributed by atoms with E-state index < -0.39 is 11.7 Å². The molecule has 0 radical (unpaired) electrons. The summed E-state index contributed by atoms with van der Waals surface area (Å²) in [4.78, 5) is 21.9. The van der Waals surface area contributed by atoms with Gasteiger partial charge in [-0.2, -0.15) is 0 Å². The molecule has 0 aliphatic rings. The third kappa shape index (κ3) is 3.08. The maximum atomic E-state index is 11.5. The van der Waals surface area contributed by atoms with Crippen molar-refractivity contribution < 1.29 is 9.59 Å². The van der Waals surface area contributed by atoms with Crippen LogP contribution in [0.5, 0.6) is 0 Å². The molecular formula is C10H7Cl2NO2. The van der Waals surface area contributed by atoms with Crippen LogP contribution in [0.4, 0.5) is 0 Å². The number of hydrogen-bond donors (Lipinski definition) is 1. The van der Waals surface area contributed by atoms with E-state index in [2.05, 4.69) is 0 Å². The molecule has 15 heavy (non-hydrogen) atoms. The molecule has 0 aromatic heterocycles. The Kier molecular flexibility index (Phi) is 3.88. The van der Waals surface area contributed by atoms with E-state index in [9.17, 15) is 9.59 Å². The molecule has 0 aliphatic heterocycles. The Morgan fingerprint density at radius 1 is 1.13 bits per heavy atom. The van der Waals surface area contributed by atoms with Crippen LogP contribution in [0, 0.1) is 0 Å². The molecular weight excluding hydrogens is 237 g/mol. The number of amides is 1. The molecule has 1 amide bonds. The quantitative estimate of drug-likeness (QED) is 0.654. The largest absolute Gasteiger partial charge is 0.366 e. The zero-order valence-corrected chi connectivity index (χ0v) is 9.05. The number of carbonyl (C=O) groups excluding carboxylic acids is 2. The van der Waals surface area contributed by atoms with E-state index in [0.29, 0.717) is 0 Å². The smallest absolute Gasteiger partial charge is 0.241 e. The normalized spacial score (nSPS) is 10.5. The number of hydrogen-bond acceptors (Lipinski definition) is 2. The molecule has 0 spiro atoms. The van der Waals surface area contributed by atoms with E-state index in [1.807, 2.05) is 0 Å². The number of halogens is 2. The Morgan fingerprint density at radius 2 is 1.67 bits per heavy atom. The van der Waals surface area contributed by atoms with Crippen LogP contribution >= 0.6 is 23.2 Å². The van der Waals surface area contributed by atoms with Crippen LogP contribution in [0.2, 0.25) is 10.0 Å². The monoisotopic (exact) mass is 243 g/mol. The van der Waals surface area contributed by atoms with Crippen molar-refractivity contribution in [3.63, 3.8) is 0 Å². The summed E-state index contributed by atoms with van der Waals surface area (Å²) < 4.78 is 0. The van der Waals surface area contributed by atoms with E-state index >= 15 is 0 Å². The highest BCUT2D eigenvalue weighted by atomic mass is 35.5. The summed E-state index contributed by atoms with van der Waals surface area (Å²) in [6, 6.07) is 4.71. The van der Waals surface area contributed by atoms with E-state index in [4.69, 9.17) is 28.9 Å². The predicted molar refractivity (Wildman–Crippen MR) is 59.1 cm³/mol.